The van der Waals surface area contributed by atoms with Gasteiger partial charge < -0.3 is 19.9 Å². The van der Waals surface area contributed by atoms with Gasteiger partial charge in [0.2, 0.25) is 0 Å². The van der Waals surface area contributed by atoms with E-state index in [9.17, 15) is 0 Å². The SMILES string of the molecule is CC(C)COCCOCCC(CO)NC(C)C. The number of rotatable bonds is 11. The summed E-state index contributed by atoms with van der Waals surface area (Å²) in [6.07, 6.45) is 0.832. The van der Waals surface area contributed by atoms with E-state index in [1.165, 1.54) is 0 Å². The van der Waals surface area contributed by atoms with Crippen LogP contribution < -0.4 is 5.32 Å². The molecule has 0 aromatic rings. The summed E-state index contributed by atoms with van der Waals surface area (Å²) in [5.41, 5.74) is 0. The van der Waals surface area contributed by atoms with Crippen LogP contribution in [0.15, 0.2) is 0 Å². The molecule has 0 rings (SSSR count). The van der Waals surface area contributed by atoms with Crippen LogP contribution in [0.3, 0.4) is 0 Å². The summed E-state index contributed by atoms with van der Waals surface area (Å²) in [6.45, 7) is 11.3. The van der Waals surface area contributed by atoms with Crippen molar-refractivity contribution in [2.24, 2.45) is 5.92 Å². The highest BCUT2D eigenvalue weighted by molar-refractivity contribution is 4.67. The third-order valence-corrected chi connectivity index (χ3v) is 2.22. The number of ether oxygens (including phenoxy) is 2. The smallest absolute Gasteiger partial charge is 0.0700 e. The van der Waals surface area contributed by atoms with Crippen molar-refractivity contribution in [1.29, 1.82) is 0 Å². The molecule has 0 aromatic heterocycles. The van der Waals surface area contributed by atoms with Crippen molar-refractivity contribution in [3.63, 3.8) is 0 Å². The summed E-state index contributed by atoms with van der Waals surface area (Å²) in [7, 11) is 0. The zero-order chi connectivity index (χ0) is 13.1. The summed E-state index contributed by atoms with van der Waals surface area (Å²) in [5.74, 6) is 0.573. The summed E-state index contributed by atoms with van der Waals surface area (Å²) >= 11 is 0. The molecule has 1 atom stereocenters. The molecular formula is C13H29NO3. The molecule has 104 valence electrons. The minimum atomic E-state index is 0.131. The number of hydrogen-bond acceptors (Lipinski definition) is 4. The molecule has 0 amide bonds. The van der Waals surface area contributed by atoms with Gasteiger partial charge in [0.25, 0.3) is 0 Å². The van der Waals surface area contributed by atoms with Crippen molar-refractivity contribution in [3.05, 3.63) is 0 Å². The van der Waals surface area contributed by atoms with Crippen molar-refractivity contribution in [1.82, 2.24) is 5.32 Å². The van der Waals surface area contributed by atoms with E-state index in [0.717, 1.165) is 13.0 Å². The van der Waals surface area contributed by atoms with Gasteiger partial charge in [-0.25, -0.2) is 0 Å². The maximum Gasteiger partial charge on any atom is 0.0700 e. The minimum absolute atomic E-state index is 0.131. The van der Waals surface area contributed by atoms with E-state index >= 15 is 0 Å². The van der Waals surface area contributed by atoms with Crippen LogP contribution in [-0.2, 0) is 9.47 Å². The van der Waals surface area contributed by atoms with E-state index in [-0.39, 0.29) is 12.6 Å². The maximum atomic E-state index is 9.13. The number of aliphatic hydroxyl groups is 1. The topological polar surface area (TPSA) is 50.7 Å². The first kappa shape index (κ1) is 16.8. The van der Waals surface area contributed by atoms with Crippen molar-refractivity contribution < 1.29 is 14.6 Å². The van der Waals surface area contributed by atoms with Crippen molar-refractivity contribution in [3.8, 4) is 0 Å². The van der Waals surface area contributed by atoms with Crippen molar-refractivity contribution in [2.45, 2.75) is 46.2 Å². The van der Waals surface area contributed by atoms with Crippen molar-refractivity contribution in [2.75, 3.05) is 33.0 Å². The molecule has 0 aliphatic rings. The van der Waals surface area contributed by atoms with Crippen LogP contribution in [0.2, 0.25) is 0 Å². The third-order valence-electron chi connectivity index (χ3n) is 2.22. The van der Waals surface area contributed by atoms with Crippen molar-refractivity contribution >= 4 is 0 Å². The van der Waals surface area contributed by atoms with Gasteiger partial charge in [0.1, 0.15) is 0 Å². The van der Waals surface area contributed by atoms with E-state index in [4.69, 9.17) is 14.6 Å². The maximum absolute atomic E-state index is 9.13. The Bertz CT molecular complexity index is 163. The van der Waals surface area contributed by atoms with Crippen LogP contribution in [-0.4, -0.2) is 50.2 Å². The summed E-state index contributed by atoms with van der Waals surface area (Å²) in [5, 5.41) is 12.4. The normalized spacial score (nSPS) is 13.6. The first-order valence-corrected chi connectivity index (χ1v) is 6.58. The average molecular weight is 247 g/mol. The zero-order valence-electron chi connectivity index (χ0n) is 11.7. The predicted octanol–water partition coefficient (Wildman–Crippen LogP) is 1.42. The number of nitrogens with one attached hydrogen (secondary N) is 1. The van der Waals surface area contributed by atoms with Crippen LogP contribution in [0, 0.1) is 5.92 Å². The Morgan fingerprint density at radius 2 is 1.65 bits per heavy atom. The molecule has 0 bridgehead atoms. The molecule has 0 radical (unpaired) electrons. The standard InChI is InChI=1S/C13H29NO3/c1-11(2)10-17-8-7-16-6-5-13(9-15)14-12(3)4/h11-15H,5-10H2,1-4H3. The largest absolute Gasteiger partial charge is 0.395 e. The fraction of sp³-hybridized carbons (Fsp3) is 1.00. The monoisotopic (exact) mass is 247 g/mol. The van der Waals surface area contributed by atoms with Crippen LogP contribution in [0.25, 0.3) is 0 Å². The van der Waals surface area contributed by atoms with Gasteiger partial charge in [0.05, 0.1) is 19.8 Å². The molecule has 0 saturated carbocycles. The molecule has 0 aromatic carbocycles. The molecule has 0 heterocycles. The Morgan fingerprint density at radius 1 is 1.00 bits per heavy atom. The highest BCUT2D eigenvalue weighted by Gasteiger charge is 2.07. The van der Waals surface area contributed by atoms with Gasteiger partial charge in [-0.15, -0.1) is 0 Å². The summed E-state index contributed by atoms with van der Waals surface area (Å²) in [6, 6.07) is 0.521. The first-order chi connectivity index (χ1) is 8.06. The highest BCUT2D eigenvalue weighted by Crippen LogP contribution is 1.95. The van der Waals surface area contributed by atoms with E-state index < -0.39 is 0 Å². The van der Waals surface area contributed by atoms with Crippen LogP contribution in [0.4, 0.5) is 0 Å². The lowest BCUT2D eigenvalue weighted by atomic mass is 10.2. The van der Waals surface area contributed by atoms with E-state index in [1.54, 1.807) is 0 Å². The van der Waals surface area contributed by atoms with Gasteiger partial charge in [0.15, 0.2) is 0 Å². The minimum Gasteiger partial charge on any atom is -0.395 e. The fourth-order valence-electron chi connectivity index (χ4n) is 1.46. The van der Waals surface area contributed by atoms with E-state index in [0.29, 0.717) is 31.8 Å². The molecule has 0 saturated heterocycles. The Hall–Kier alpha value is -0.160. The Kier molecular flexibility index (Phi) is 10.9. The lowest BCUT2D eigenvalue weighted by Crippen LogP contribution is -2.38. The number of aliphatic hydroxyl groups excluding tert-OH is 1. The quantitative estimate of drug-likeness (QED) is 0.542. The molecule has 0 aliphatic carbocycles. The molecular weight excluding hydrogens is 218 g/mol. The first-order valence-electron chi connectivity index (χ1n) is 6.58. The van der Waals surface area contributed by atoms with Crippen LogP contribution >= 0.6 is 0 Å². The Labute approximate surface area is 106 Å². The highest BCUT2D eigenvalue weighted by atomic mass is 16.5. The lowest BCUT2D eigenvalue weighted by Gasteiger charge is -2.18. The van der Waals surface area contributed by atoms with E-state index in [1.807, 2.05) is 0 Å². The Balaban J connectivity index is 3.31. The third kappa shape index (κ3) is 12.1. The summed E-state index contributed by atoms with van der Waals surface area (Å²) < 4.78 is 10.9. The molecule has 1 unspecified atom stereocenters. The summed E-state index contributed by atoms with van der Waals surface area (Å²) in [4.78, 5) is 0. The second kappa shape index (κ2) is 11.0. The average Bonchev–Trinajstić information content (AvgIpc) is 2.25. The molecule has 4 nitrogen and oxygen atoms in total. The molecule has 0 fully saturated rings. The number of hydrogen-bond donors (Lipinski definition) is 2. The van der Waals surface area contributed by atoms with Gasteiger partial charge in [-0.3, -0.25) is 0 Å². The molecule has 0 spiro atoms. The second-order valence-corrected chi connectivity index (χ2v) is 5.07. The molecule has 0 aliphatic heterocycles. The molecule has 4 heteroatoms. The Morgan fingerprint density at radius 3 is 2.18 bits per heavy atom. The van der Waals surface area contributed by atoms with Gasteiger partial charge in [0, 0.05) is 25.3 Å². The molecule has 17 heavy (non-hydrogen) atoms. The second-order valence-electron chi connectivity index (χ2n) is 5.07. The van der Waals surface area contributed by atoms with E-state index in [2.05, 4.69) is 33.0 Å². The van der Waals surface area contributed by atoms with Crippen LogP contribution in [0.5, 0.6) is 0 Å². The van der Waals surface area contributed by atoms with Gasteiger partial charge >= 0.3 is 0 Å². The van der Waals surface area contributed by atoms with Gasteiger partial charge in [-0.05, 0) is 12.3 Å². The fourth-order valence-corrected chi connectivity index (χ4v) is 1.46. The lowest BCUT2D eigenvalue weighted by molar-refractivity contribution is 0.0329. The van der Waals surface area contributed by atoms with Gasteiger partial charge in [-0.1, -0.05) is 27.7 Å². The van der Waals surface area contributed by atoms with Gasteiger partial charge in [-0.2, -0.15) is 0 Å². The predicted molar refractivity (Wildman–Crippen MR) is 70.2 cm³/mol. The molecule has 2 N–H and O–H groups in total. The van der Waals surface area contributed by atoms with Crippen LogP contribution in [0.1, 0.15) is 34.1 Å². The zero-order valence-corrected chi connectivity index (χ0v) is 11.7.